The van der Waals surface area contributed by atoms with Gasteiger partial charge in [0.1, 0.15) is 0 Å². The molecule has 0 aliphatic carbocycles. The highest BCUT2D eigenvalue weighted by Gasteiger charge is 2.20. The van der Waals surface area contributed by atoms with Crippen LogP contribution in [0.4, 0.5) is 0 Å². The molecule has 0 N–H and O–H groups in total. The Balaban J connectivity index is 0.962. The molecule has 0 unspecified atom stereocenters. The zero-order valence-electron chi connectivity index (χ0n) is 43.0. The summed E-state index contributed by atoms with van der Waals surface area (Å²) in [5.74, 6) is 0.703. The highest BCUT2D eigenvalue weighted by atomic mass is 15.0. The van der Waals surface area contributed by atoms with Gasteiger partial charge < -0.3 is 4.57 Å². The summed E-state index contributed by atoms with van der Waals surface area (Å²) in [6, 6.07) is 98.2. The number of fused-ring (bicyclic) bond motifs is 3. The van der Waals surface area contributed by atoms with Gasteiger partial charge in [0.2, 0.25) is 0 Å². The van der Waals surface area contributed by atoms with E-state index in [9.17, 15) is 0 Å². The first-order chi connectivity index (χ1) is 39.2. The first-order valence-corrected chi connectivity index (χ1v) is 26.7. The zero-order chi connectivity index (χ0) is 52.5. The minimum absolute atomic E-state index is 0.703. The first kappa shape index (κ1) is 46.9. The molecule has 0 amide bonds. The Hall–Kier alpha value is -10.6. The Labute approximate surface area is 459 Å². The van der Waals surface area contributed by atoms with Gasteiger partial charge in [0.25, 0.3) is 0 Å². The van der Waals surface area contributed by atoms with Crippen LogP contribution in [0.5, 0.6) is 0 Å². The molecule has 0 saturated heterocycles. The Morgan fingerprint density at radius 1 is 0.215 bits per heavy atom. The van der Waals surface area contributed by atoms with Crippen LogP contribution in [-0.2, 0) is 0 Å². The average molecular weight is 1010 g/mol. The van der Waals surface area contributed by atoms with Gasteiger partial charge in [-0.05, 0) is 163 Å². The van der Waals surface area contributed by atoms with Gasteiger partial charge in [-0.2, -0.15) is 0 Å². The maximum Gasteiger partial charge on any atom is 0.159 e. The fourth-order valence-electron chi connectivity index (χ4n) is 11.3. The van der Waals surface area contributed by atoms with Crippen LogP contribution >= 0.6 is 0 Å². The molecule has 4 heterocycles. The zero-order valence-corrected chi connectivity index (χ0v) is 43.0. The minimum atomic E-state index is 0.703. The molecule has 0 saturated carbocycles. The van der Waals surface area contributed by atoms with E-state index in [1.807, 2.05) is 36.7 Å². The van der Waals surface area contributed by atoms with Gasteiger partial charge in [-0.1, -0.05) is 188 Å². The van der Waals surface area contributed by atoms with Crippen LogP contribution in [-0.4, -0.2) is 24.5 Å². The molecule has 10 aromatic carbocycles. The Kier molecular flexibility index (Phi) is 12.2. The minimum Gasteiger partial charge on any atom is -0.309 e. The molecule has 5 nitrogen and oxygen atoms in total. The van der Waals surface area contributed by atoms with Crippen LogP contribution < -0.4 is 0 Å². The lowest BCUT2D eigenvalue weighted by Gasteiger charge is -2.19. The Morgan fingerprint density at radius 3 is 1.24 bits per heavy atom. The van der Waals surface area contributed by atoms with Crippen molar-refractivity contribution in [3.05, 3.63) is 298 Å². The lowest BCUT2D eigenvalue weighted by atomic mass is 9.84. The van der Waals surface area contributed by atoms with Gasteiger partial charge in [-0.25, -0.2) is 9.97 Å². The number of pyridine rings is 2. The second-order valence-electron chi connectivity index (χ2n) is 19.8. The van der Waals surface area contributed by atoms with E-state index >= 15 is 0 Å². The maximum atomic E-state index is 4.84. The summed E-state index contributed by atoms with van der Waals surface area (Å²) in [5.41, 5.74) is 24.2. The van der Waals surface area contributed by atoms with E-state index in [0.29, 0.717) is 5.82 Å². The van der Waals surface area contributed by atoms with Crippen LogP contribution in [0, 0.1) is 0 Å². The van der Waals surface area contributed by atoms with Crippen LogP contribution in [0.15, 0.2) is 298 Å². The molecule has 5 heteroatoms. The lowest BCUT2D eigenvalue weighted by Crippen LogP contribution is -1.94. The highest BCUT2D eigenvalue weighted by molar-refractivity contribution is 6.11. The average Bonchev–Trinajstić information content (AvgIpc) is 4.04. The second kappa shape index (κ2) is 20.5. The van der Waals surface area contributed by atoms with Gasteiger partial charge in [0, 0.05) is 57.9 Å². The third-order valence-corrected chi connectivity index (χ3v) is 15.1. The molecule has 0 bridgehead atoms. The van der Waals surface area contributed by atoms with E-state index in [0.717, 1.165) is 117 Å². The third kappa shape index (κ3) is 8.95. The first-order valence-electron chi connectivity index (χ1n) is 26.7. The smallest absolute Gasteiger partial charge is 0.159 e. The van der Waals surface area contributed by atoms with Crippen molar-refractivity contribution in [3.8, 4) is 117 Å². The summed E-state index contributed by atoms with van der Waals surface area (Å²) in [4.78, 5) is 18.5. The third-order valence-electron chi connectivity index (χ3n) is 15.1. The van der Waals surface area contributed by atoms with Gasteiger partial charge in [-0.3, -0.25) is 9.97 Å². The van der Waals surface area contributed by atoms with Crippen LogP contribution in [0.25, 0.3) is 139 Å². The number of nitrogens with zero attached hydrogens (tertiary/aromatic N) is 5. The molecule has 14 aromatic rings. The number of rotatable bonds is 11. The summed E-state index contributed by atoms with van der Waals surface area (Å²) in [5, 5.41) is 2.41. The van der Waals surface area contributed by atoms with Crippen molar-refractivity contribution in [2.75, 3.05) is 0 Å². The van der Waals surface area contributed by atoms with E-state index in [4.69, 9.17) is 4.98 Å². The standard InChI is InChI=1S/C74H49N5/c1-2-17-59(18-3-1)79-72-28-11-10-25-67(72)69-48-54(38-40-73(69)79)68-49-55(71-27-13-15-42-76-71)37-39-66(68)65-24-9-8-23-64(65)58-46-56(62-21-6-4-19-60(62)50-29-33-52(34-30-50)70-26-12-14-41-75-70)45-57(47-58)63-22-7-5-20-61(63)51-31-35-53(36-32-51)74-77-43-16-44-78-74/h1-49H. The van der Waals surface area contributed by atoms with Crippen molar-refractivity contribution < 1.29 is 0 Å². The fourth-order valence-corrected chi connectivity index (χ4v) is 11.3. The van der Waals surface area contributed by atoms with Crippen molar-refractivity contribution in [1.82, 2.24) is 24.5 Å². The van der Waals surface area contributed by atoms with E-state index in [1.165, 1.54) is 16.3 Å². The van der Waals surface area contributed by atoms with Gasteiger partial charge in [0.15, 0.2) is 5.82 Å². The molecule has 370 valence electrons. The van der Waals surface area contributed by atoms with Gasteiger partial charge >= 0.3 is 0 Å². The maximum absolute atomic E-state index is 4.84. The Bertz CT molecular complexity index is 4350. The largest absolute Gasteiger partial charge is 0.309 e. The van der Waals surface area contributed by atoms with Crippen LogP contribution in [0.3, 0.4) is 0 Å². The van der Waals surface area contributed by atoms with Crippen molar-refractivity contribution in [1.29, 1.82) is 0 Å². The van der Waals surface area contributed by atoms with Crippen molar-refractivity contribution in [2.45, 2.75) is 0 Å². The van der Waals surface area contributed by atoms with E-state index in [2.05, 4.69) is 268 Å². The van der Waals surface area contributed by atoms with E-state index < -0.39 is 0 Å². The summed E-state index contributed by atoms with van der Waals surface area (Å²) in [6.45, 7) is 0. The van der Waals surface area contributed by atoms with Crippen LogP contribution in [0.2, 0.25) is 0 Å². The number of aromatic nitrogens is 5. The fraction of sp³-hybridized carbons (Fsp3) is 0. The molecule has 0 atom stereocenters. The number of benzene rings is 10. The predicted octanol–water partition coefficient (Wildman–Crippen LogP) is 19.0. The number of hydrogen-bond donors (Lipinski definition) is 0. The summed E-state index contributed by atoms with van der Waals surface area (Å²) in [7, 11) is 0. The quantitative estimate of drug-likeness (QED) is 0.130. The topological polar surface area (TPSA) is 56.5 Å². The molecule has 79 heavy (non-hydrogen) atoms. The number of para-hydroxylation sites is 2. The molecule has 4 aromatic heterocycles. The highest BCUT2D eigenvalue weighted by Crippen LogP contribution is 2.46. The molecule has 0 aliphatic heterocycles. The van der Waals surface area contributed by atoms with Crippen molar-refractivity contribution in [3.63, 3.8) is 0 Å². The molecule has 14 rings (SSSR count). The molecular formula is C74H49N5. The molecule has 0 fully saturated rings. The van der Waals surface area contributed by atoms with E-state index in [-0.39, 0.29) is 0 Å². The number of hydrogen-bond acceptors (Lipinski definition) is 4. The molecule has 0 aliphatic rings. The Morgan fingerprint density at radius 2 is 0.646 bits per heavy atom. The normalized spacial score (nSPS) is 11.3. The monoisotopic (exact) mass is 1010 g/mol. The van der Waals surface area contributed by atoms with Gasteiger partial charge in [0.05, 0.1) is 22.4 Å². The van der Waals surface area contributed by atoms with E-state index in [1.54, 1.807) is 12.4 Å². The van der Waals surface area contributed by atoms with Gasteiger partial charge in [-0.15, -0.1) is 0 Å². The SMILES string of the molecule is c1ccc(-n2c3ccccc3c3cc(-c4cc(-c5ccccn5)ccc4-c4ccccc4-c4cc(-c5ccccc5-c5ccc(-c6ccccn6)cc5)cc(-c5ccccc5-c5ccc(-c6ncccn6)cc5)c4)ccc32)cc1. The summed E-state index contributed by atoms with van der Waals surface area (Å²) < 4.78 is 2.38. The summed E-state index contributed by atoms with van der Waals surface area (Å²) in [6.07, 6.45) is 7.29. The predicted molar refractivity (Wildman–Crippen MR) is 326 cm³/mol. The molecule has 0 spiro atoms. The molecular weight excluding hydrogens is 959 g/mol. The van der Waals surface area contributed by atoms with Crippen LogP contribution in [0.1, 0.15) is 0 Å². The second-order valence-corrected chi connectivity index (χ2v) is 19.8. The van der Waals surface area contributed by atoms with Crippen molar-refractivity contribution >= 4 is 21.8 Å². The van der Waals surface area contributed by atoms with Crippen molar-refractivity contribution in [2.24, 2.45) is 0 Å². The molecule has 0 radical (unpaired) electrons. The summed E-state index contributed by atoms with van der Waals surface area (Å²) >= 11 is 0. The lowest BCUT2D eigenvalue weighted by molar-refractivity contribution is 1.18.